The molecule has 2 heteroatoms. The summed E-state index contributed by atoms with van der Waals surface area (Å²) in [6.45, 7) is 5.14. The van der Waals surface area contributed by atoms with E-state index >= 15 is 0 Å². The van der Waals surface area contributed by atoms with Crippen LogP contribution in [0.3, 0.4) is 0 Å². The van der Waals surface area contributed by atoms with Crippen LogP contribution in [0.4, 0.5) is 11.4 Å². The highest BCUT2D eigenvalue weighted by Gasteiger charge is 2.03. The van der Waals surface area contributed by atoms with E-state index in [1.54, 1.807) is 0 Å². The molecule has 2 rings (SSSR count). The van der Waals surface area contributed by atoms with Crippen LogP contribution < -0.4 is 10.2 Å². The predicted molar refractivity (Wildman–Crippen MR) is 84.0 cm³/mol. The van der Waals surface area contributed by atoms with Gasteiger partial charge in [0.25, 0.3) is 0 Å². The van der Waals surface area contributed by atoms with E-state index in [-0.39, 0.29) is 0 Å². The van der Waals surface area contributed by atoms with Crippen molar-refractivity contribution in [2.24, 2.45) is 0 Å². The summed E-state index contributed by atoms with van der Waals surface area (Å²) in [6.07, 6.45) is 0. The SMILES string of the molecule is Cc1cc(C)cc(CNc2ccccc2N(C)C)c1. The molecule has 0 saturated carbocycles. The minimum atomic E-state index is 0.855. The molecule has 0 radical (unpaired) electrons. The van der Waals surface area contributed by atoms with Gasteiger partial charge in [0.05, 0.1) is 11.4 Å². The van der Waals surface area contributed by atoms with Gasteiger partial charge in [-0.1, -0.05) is 41.5 Å². The highest BCUT2D eigenvalue weighted by atomic mass is 15.1. The maximum absolute atomic E-state index is 3.52. The van der Waals surface area contributed by atoms with Crippen LogP contribution >= 0.6 is 0 Å². The molecule has 0 fully saturated rings. The fraction of sp³-hybridized carbons (Fsp3) is 0.294. The lowest BCUT2D eigenvalue weighted by atomic mass is 10.1. The molecule has 0 unspecified atom stereocenters. The molecule has 0 spiro atoms. The third-order valence-corrected chi connectivity index (χ3v) is 3.15. The number of para-hydroxylation sites is 2. The Hall–Kier alpha value is -1.96. The lowest BCUT2D eigenvalue weighted by Crippen LogP contribution is -2.12. The molecule has 2 aromatic rings. The predicted octanol–water partition coefficient (Wildman–Crippen LogP) is 3.98. The number of nitrogens with zero attached hydrogens (tertiary/aromatic N) is 1. The summed E-state index contributed by atoms with van der Waals surface area (Å²) in [6, 6.07) is 15.1. The zero-order valence-electron chi connectivity index (χ0n) is 12.2. The second-order valence-corrected chi connectivity index (χ2v) is 5.26. The fourth-order valence-electron chi connectivity index (χ4n) is 2.38. The molecule has 0 aromatic heterocycles. The van der Waals surface area contributed by atoms with Gasteiger partial charge in [-0.3, -0.25) is 0 Å². The Labute approximate surface area is 116 Å². The van der Waals surface area contributed by atoms with Crippen LogP contribution in [0.15, 0.2) is 42.5 Å². The lowest BCUT2D eigenvalue weighted by molar-refractivity contribution is 1.09. The molecular formula is C17H22N2. The summed E-state index contributed by atoms with van der Waals surface area (Å²) in [5, 5.41) is 3.52. The number of anilines is 2. The first-order valence-corrected chi connectivity index (χ1v) is 6.63. The van der Waals surface area contributed by atoms with E-state index in [0.717, 1.165) is 6.54 Å². The van der Waals surface area contributed by atoms with Crippen molar-refractivity contribution < 1.29 is 0 Å². The van der Waals surface area contributed by atoms with Gasteiger partial charge in [-0.05, 0) is 31.5 Å². The molecule has 0 aliphatic carbocycles. The van der Waals surface area contributed by atoms with E-state index in [2.05, 4.69) is 80.6 Å². The second kappa shape index (κ2) is 5.79. The average Bonchev–Trinajstić information content (AvgIpc) is 2.35. The molecule has 2 aromatic carbocycles. The lowest BCUT2D eigenvalue weighted by Gasteiger charge is -2.18. The summed E-state index contributed by atoms with van der Waals surface area (Å²) in [7, 11) is 4.13. The highest BCUT2D eigenvalue weighted by Crippen LogP contribution is 2.24. The van der Waals surface area contributed by atoms with Crippen molar-refractivity contribution in [2.75, 3.05) is 24.3 Å². The van der Waals surface area contributed by atoms with Crippen LogP contribution in [0, 0.1) is 13.8 Å². The van der Waals surface area contributed by atoms with Crippen molar-refractivity contribution in [1.29, 1.82) is 0 Å². The van der Waals surface area contributed by atoms with Gasteiger partial charge in [-0.2, -0.15) is 0 Å². The quantitative estimate of drug-likeness (QED) is 0.887. The van der Waals surface area contributed by atoms with Crippen LogP contribution in [-0.4, -0.2) is 14.1 Å². The van der Waals surface area contributed by atoms with Gasteiger partial charge >= 0.3 is 0 Å². The Bertz CT molecular complexity index is 539. The molecule has 0 bridgehead atoms. The van der Waals surface area contributed by atoms with E-state index in [4.69, 9.17) is 0 Å². The fourth-order valence-corrected chi connectivity index (χ4v) is 2.38. The summed E-state index contributed by atoms with van der Waals surface area (Å²) in [5.41, 5.74) is 6.35. The maximum Gasteiger partial charge on any atom is 0.0596 e. The Balaban J connectivity index is 2.14. The summed E-state index contributed by atoms with van der Waals surface area (Å²) in [5.74, 6) is 0. The first-order chi connectivity index (χ1) is 9.06. The molecule has 2 nitrogen and oxygen atoms in total. The second-order valence-electron chi connectivity index (χ2n) is 5.26. The van der Waals surface area contributed by atoms with Gasteiger partial charge in [0.15, 0.2) is 0 Å². The Morgan fingerprint density at radius 2 is 1.58 bits per heavy atom. The van der Waals surface area contributed by atoms with Gasteiger partial charge in [-0.15, -0.1) is 0 Å². The van der Waals surface area contributed by atoms with E-state index in [0.29, 0.717) is 0 Å². The van der Waals surface area contributed by atoms with Crippen molar-refractivity contribution in [3.05, 3.63) is 59.2 Å². The molecule has 0 saturated heterocycles. The van der Waals surface area contributed by atoms with Crippen molar-refractivity contribution >= 4 is 11.4 Å². The molecule has 0 amide bonds. The van der Waals surface area contributed by atoms with Crippen molar-refractivity contribution in [2.45, 2.75) is 20.4 Å². The molecule has 19 heavy (non-hydrogen) atoms. The average molecular weight is 254 g/mol. The van der Waals surface area contributed by atoms with Crippen LogP contribution in [-0.2, 0) is 6.54 Å². The third-order valence-electron chi connectivity index (χ3n) is 3.15. The molecule has 1 N–H and O–H groups in total. The number of rotatable bonds is 4. The molecule has 0 heterocycles. The summed E-state index contributed by atoms with van der Waals surface area (Å²) < 4.78 is 0. The van der Waals surface area contributed by atoms with Crippen LogP contribution in [0.5, 0.6) is 0 Å². The summed E-state index contributed by atoms with van der Waals surface area (Å²) in [4.78, 5) is 2.13. The monoisotopic (exact) mass is 254 g/mol. The molecule has 100 valence electrons. The van der Waals surface area contributed by atoms with Crippen LogP contribution in [0.1, 0.15) is 16.7 Å². The van der Waals surface area contributed by atoms with Gasteiger partial charge in [0, 0.05) is 20.6 Å². The number of benzene rings is 2. The molecule has 0 atom stereocenters. The number of hydrogen-bond donors (Lipinski definition) is 1. The third kappa shape index (κ3) is 3.50. The zero-order chi connectivity index (χ0) is 13.8. The van der Waals surface area contributed by atoms with Crippen LogP contribution in [0.2, 0.25) is 0 Å². The van der Waals surface area contributed by atoms with E-state index in [1.807, 2.05) is 0 Å². The number of hydrogen-bond acceptors (Lipinski definition) is 2. The van der Waals surface area contributed by atoms with E-state index in [1.165, 1.54) is 28.1 Å². The van der Waals surface area contributed by atoms with Gasteiger partial charge in [0.1, 0.15) is 0 Å². The maximum atomic E-state index is 3.52. The largest absolute Gasteiger partial charge is 0.379 e. The van der Waals surface area contributed by atoms with Gasteiger partial charge in [-0.25, -0.2) is 0 Å². The topological polar surface area (TPSA) is 15.3 Å². The minimum absolute atomic E-state index is 0.855. The summed E-state index contributed by atoms with van der Waals surface area (Å²) >= 11 is 0. The van der Waals surface area contributed by atoms with Crippen molar-refractivity contribution in [3.8, 4) is 0 Å². The van der Waals surface area contributed by atoms with E-state index in [9.17, 15) is 0 Å². The van der Waals surface area contributed by atoms with Gasteiger partial charge in [0.2, 0.25) is 0 Å². The zero-order valence-corrected chi connectivity index (χ0v) is 12.2. The van der Waals surface area contributed by atoms with Crippen molar-refractivity contribution in [3.63, 3.8) is 0 Å². The smallest absolute Gasteiger partial charge is 0.0596 e. The number of aryl methyl sites for hydroxylation is 2. The van der Waals surface area contributed by atoms with E-state index < -0.39 is 0 Å². The Morgan fingerprint density at radius 1 is 0.947 bits per heavy atom. The normalized spacial score (nSPS) is 10.3. The van der Waals surface area contributed by atoms with Crippen LogP contribution in [0.25, 0.3) is 0 Å². The number of nitrogens with one attached hydrogen (secondary N) is 1. The minimum Gasteiger partial charge on any atom is -0.379 e. The molecule has 0 aliphatic heterocycles. The van der Waals surface area contributed by atoms with Crippen molar-refractivity contribution in [1.82, 2.24) is 0 Å². The highest BCUT2D eigenvalue weighted by molar-refractivity contribution is 5.69. The first-order valence-electron chi connectivity index (χ1n) is 6.63. The molecular weight excluding hydrogens is 232 g/mol. The molecule has 0 aliphatic rings. The van der Waals surface area contributed by atoms with Gasteiger partial charge < -0.3 is 10.2 Å². The Kier molecular flexibility index (Phi) is 4.10. The standard InChI is InChI=1S/C17H22N2/c1-13-9-14(2)11-15(10-13)12-18-16-7-5-6-8-17(16)19(3)4/h5-11,18H,12H2,1-4H3. The first kappa shape index (κ1) is 13.5. The Morgan fingerprint density at radius 3 is 2.21 bits per heavy atom.